The number of nitrogens with two attached hydrogens (primary N) is 1. The molecule has 2 aromatic carbocycles. The summed E-state index contributed by atoms with van der Waals surface area (Å²) in [6.45, 7) is -0.105. The zero-order valence-electron chi connectivity index (χ0n) is 19.2. The van der Waals surface area contributed by atoms with Crippen LogP contribution >= 0.6 is 0 Å². The van der Waals surface area contributed by atoms with Crippen molar-refractivity contribution in [2.45, 2.75) is 43.8 Å². The summed E-state index contributed by atoms with van der Waals surface area (Å²) in [7, 11) is 0. The van der Waals surface area contributed by atoms with Gasteiger partial charge in [0.15, 0.2) is 0 Å². The third kappa shape index (κ3) is 7.28. The molecule has 186 valence electrons. The first kappa shape index (κ1) is 25.7. The Bertz CT molecular complexity index is 1040. The van der Waals surface area contributed by atoms with E-state index < -0.39 is 41.8 Å². The highest BCUT2D eigenvalue weighted by atomic mass is 16.4. The molecule has 0 spiro atoms. The van der Waals surface area contributed by atoms with E-state index in [2.05, 4.69) is 10.6 Å². The number of carboxylic acid groups (broad SMARTS) is 1. The van der Waals surface area contributed by atoms with Gasteiger partial charge < -0.3 is 31.5 Å². The molecule has 35 heavy (non-hydrogen) atoms. The van der Waals surface area contributed by atoms with Gasteiger partial charge in [0.1, 0.15) is 17.8 Å². The Morgan fingerprint density at radius 1 is 1.00 bits per heavy atom. The molecule has 0 aliphatic carbocycles. The Kier molecular flexibility index (Phi) is 8.80. The van der Waals surface area contributed by atoms with Gasteiger partial charge in [-0.05, 0) is 42.5 Å². The number of amides is 3. The summed E-state index contributed by atoms with van der Waals surface area (Å²) in [4.78, 5) is 51.0. The zero-order valence-corrected chi connectivity index (χ0v) is 19.2. The molecule has 1 aliphatic rings. The number of nitrogens with zero attached hydrogens (tertiary/aromatic N) is 1. The Hall–Kier alpha value is -3.92. The highest BCUT2D eigenvalue weighted by Gasteiger charge is 2.37. The predicted molar refractivity (Wildman–Crippen MR) is 127 cm³/mol. The van der Waals surface area contributed by atoms with Gasteiger partial charge in [-0.15, -0.1) is 0 Å². The third-order valence-corrected chi connectivity index (χ3v) is 5.89. The number of hydrogen-bond acceptors (Lipinski definition) is 6. The van der Waals surface area contributed by atoms with Crippen LogP contribution in [0.1, 0.15) is 24.0 Å². The van der Waals surface area contributed by atoms with Crippen LogP contribution in [0.5, 0.6) is 5.75 Å². The molecule has 3 amide bonds. The van der Waals surface area contributed by atoms with E-state index >= 15 is 0 Å². The Balaban J connectivity index is 1.62. The summed E-state index contributed by atoms with van der Waals surface area (Å²) >= 11 is 0. The van der Waals surface area contributed by atoms with Crippen molar-refractivity contribution in [3.05, 3.63) is 65.7 Å². The van der Waals surface area contributed by atoms with Gasteiger partial charge in [0.25, 0.3) is 0 Å². The van der Waals surface area contributed by atoms with E-state index in [0.29, 0.717) is 24.8 Å². The minimum absolute atomic E-state index is 0.0562. The number of benzene rings is 2. The lowest BCUT2D eigenvalue weighted by atomic mass is 10.0. The van der Waals surface area contributed by atoms with Crippen LogP contribution in [0.2, 0.25) is 0 Å². The lowest BCUT2D eigenvalue weighted by Gasteiger charge is -2.27. The number of phenolic OH excluding ortho intramolecular Hbond substituents is 1. The minimum Gasteiger partial charge on any atom is -0.508 e. The molecule has 0 saturated carbocycles. The number of nitrogens with one attached hydrogen (secondary N) is 2. The summed E-state index contributed by atoms with van der Waals surface area (Å²) in [6, 6.07) is 12.6. The maximum atomic E-state index is 13.2. The fourth-order valence-corrected chi connectivity index (χ4v) is 4.06. The summed E-state index contributed by atoms with van der Waals surface area (Å²) < 4.78 is 0. The van der Waals surface area contributed by atoms with E-state index in [1.54, 1.807) is 12.1 Å². The van der Waals surface area contributed by atoms with Crippen molar-refractivity contribution < 1.29 is 29.4 Å². The smallest absolute Gasteiger partial charge is 0.326 e. The largest absolute Gasteiger partial charge is 0.508 e. The molecule has 1 saturated heterocycles. The average molecular weight is 483 g/mol. The van der Waals surface area contributed by atoms with Crippen molar-refractivity contribution >= 4 is 23.7 Å². The van der Waals surface area contributed by atoms with Crippen LogP contribution in [0, 0.1) is 0 Å². The number of rotatable bonds is 10. The van der Waals surface area contributed by atoms with E-state index in [4.69, 9.17) is 5.73 Å². The average Bonchev–Trinajstić information content (AvgIpc) is 3.34. The summed E-state index contributed by atoms with van der Waals surface area (Å²) in [5.74, 6) is -2.65. The molecular formula is C25H30N4O6. The highest BCUT2D eigenvalue weighted by Crippen LogP contribution is 2.20. The monoisotopic (exact) mass is 482 g/mol. The van der Waals surface area contributed by atoms with Crippen molar-refractivity contribution in [1.29, 1.82) is 0 Å². The van der Waals surface area contributed by atoms with Crippen LogP contribution in [0.15, 0.2) is 54.6 Å². The van der Waals surface area contributed by atoms with Gasteiger partial charge in [-0.2, -0.15) is 0 Å². The van der Waals surface area contributed by atoms with Crippen molar-refractivity contribution in [3.63, 3.8) is 0 Å². The molecule has 2 aromatic rings. The molecule has 0 bridgehead atoms. The molecule has 1 heterocycles. The first-order valence-corrected chi connectivity index (χ1v) is 11.4. The normalized spacial score (nSPS) is 16.8. The fourth-order valence-electron chi connectivity index (χ4n) is 4.06. The molecule has 10 nitrogen and oxygen atoms in total. The standard InChI is InChI=1S/C25H30N4O6/c26-19(13-16-5-2-1-3-6-16)23(32)27-15-22(31)28-20(14-17-8-10-18(30)11-9-17)24(33)29-12-4-7-21(29)25(34)35/h1-3,5-6,8-11,19-21,30H,4,7,12-15,26H2,(H,27,32)(H,28,31)(H,34,35). The molecule has 3 unspecified atom stereocenters. The molecule has 3 rings (SSSR count). The van der Waals surface area contributed by atoms with Crippen LogP contribution in [0.3, 0.4) is 0 Å². The number of carbonyl (C=O) groups excluding carboxylic acids is 3. The molecule has 0 aromatic heterocycles. The number of aromatic hydroxyl groups is 1. The molecule has 3 atom stereocenters. The van der Waals surface area contributed by atoms with Crippen molar-refractivity contribution in [2.75, 3.05) is 13.1 Å². The quantitative estimate of drug-likeness (QED) is 0.323. The fraction of sp³-hybridized carbons (Fsp3) is 0.360. The van der Waals surface area contributed by atoms with Gasteiger partial charge >= 0.3 is 5.97 Å². The second kappa shape index (κ2) is 12.0. The van der Waals surface area contributed by atoms with Gasteiger partial charge in [0.05, 0.1) is 12.6 Å². The van der Waals surface area contributed by atoms with Crippen LogP contribution < -0.4 is 16.4 Å². The van der Waals surface area contributed by atoms with Crippen LogP contribution in [0.4, 0.5) is 0 Å². The van der Waals surface area contributed by atoms with Gasteiger partial charge in [-0.1, -0.05) is 42.5 Å². The number of carboxylic acids is 1. The second-order valence-corrected chi connectivity index (χ2v) is 8.53. The topological polar surface area (TPSA) is 162 Å². The molecule has 10 heteroatoms. The van der Waals surface area contributed by atoms with Gasteiger partial charge in [0, 0.05) is 13.0 Å². The van der Waals surface area contributed by atoms with Crippen molar-refractivity contribution in [1.82, 2.24) is 15.5 Å². The number of likely N-dealkylation sites (tertiary alicyclic amines) is 1. The Morgan fingerprint density at radius 3 is 2.31 bits per heavy atom. The van der Waals surface area contributed by atoms with Crippen LogP contribution in [-0.2, 0) is 32.0 Å². The maximum Gasteiger partial charge on any atom is 0.326 e. The van der Waals surface area contributed by atoms with Crippen molar-refractivity contribution in [2.24, 2.45) is 5.73 Å². The molecule has 0 radical (unpaired) electrons. The minimum atomic E-state index is -1.09. The summed E-state index contributed by atoms with van der Waals surface area (Å²) in [5, 5.41) is 24.1. The maximum absolute atomic E-state index is 13.2. The molecule has 1 aliphatic heterocycles. The van der Waals surface area contributed by atoms with E-state index in [1.165, 1.54) is 17.0 Å². The van der Waals surface area contributed by atoms with E-state index in [9.17, 15) is 29.4 Å². The second-order valence-electron chi connectivity index (χ2n) is 8.53. The van der Waals surface area contributed by atoms with E-state index in [0.717, 1.165) is 5.56 Å². The van der Waals surface area contributed by atoms with E-state index in [1.807, 2.05) is 30.3 Å². The number of phenols is 1. The predicted octanol–water partition coefficient (Wildman–Crippen LogP) is 0.181. The van der Waals surface area contributed by atoms with Gasteiger partial charge in [0.2, 0.25) is 17.7 Å². The van der Waals surface area contributed by atoms with E-state index in [-0.39, 0.29) is 25.3 Å². The zero-order chi connectivity index (χ0) is 25.4. The van der Waals surface area contributed by atoms with Gasteiger partial charge in [-0.3, -0.25) is 14.4 Å². The van der Waals surface area contributed by atoms with Crippen LogP contribution in [0.25, 0.3) is 0 Å². The number of hydrogen-bond donors (Lipinski definition) is 5. The molecule has 6 N–H and O–H groups in total. The highest BCUT2D eigenvalue weighted by molar-refractivity contribution is 5.93. The first-order valence-electron chi connectivity index (χ1n) is 11.4. The van der Waals surface area contributed by atoms with Crippen molar-refractivity contribution in [3.8, 4) is 5.75 Å². The lowest BCUT2D eigenvalue weighted by Crippen LogP contribution is -2.54. The first-order chi connectivity index (χ1) is 16.7. The molecule has 1 fully saturated rings. The number of aliphatic carboxylic acids is 1. The summed E-state index contributed by atoms with van der Waals surface area (Å²) in [5.41, 5.74) is 7.50. The SMILES string of the molecule is NC(Cc1ccccc1)C(=O)NCC(=O)NC(Cc1ccc(O)cc1)C(=O)N1CCCC1C(=O)O. The third-order valence-electron chi connectivity index (χ3n) is 5.89. The Labute approximate surface area is 203 Å². The molecular weight excluding hydrogens is 452 g/mol. The van der Waals surface area contributed by atoms with Crippen LogP contribution in [-0.4, -0.2) is 70.0 Å². The Morgan fingerprint density at radius 2 is 1.66 bits per heavy atom. The lowest BCUT2D eigenvalue weighted by molar-refractivity contribution is -0.149. The van der Waals surface area contributed by atoms with Gasteiger partial charge in [-0.25, -0.2) is 4.79 Å². The summed E-state index contributed by atoms with van der Waals surface area (Å²) in [6.07, 6.45) is 1.30. The number of carbonyl (C=O) groups is 4.